The molecule has 3 rings (SSSR count). The minimum Gasteiger partial charge on any atom is -0.472 e. The molecule has 0 saturated heterocycles. The molecule has 0 unspecified atom stereocenters. The van der Waals surface area contributed by atoms with Crippen LogP contribution in [0.2, 0.25) is 0 Å². The van der Waals surface area contributed by atoms with Crippen molar-refractivity contribution in [2.24, 2.45) is 0 Å². The Bertz CT molecular complexity index is 346. The van der Waals surface area contributed by atoms with Crippen molar-refractivity contribution in [1.29, 1.82) is 0 Å². The number of hydrogen-bond donors (Lipinski definition) is 0. The Morgan fingerprint density at radius 1 is 1.08 bits per heavy atom. The Hall–Kier alpha value is -1.02. The standard InChI is InChI=1S/C10H10O2/c1-2-8-4-12-6-10(8)9-5-11-3-7(1)9/h3,5H,1-2,4,6H2. The third-order valence-corrected chi connectivity index (χ3v) is 2.71. The van der Waals surface area contributed by atoms with Gasteiger partial charge in [-0.2, -0.15) is 0 Å². The van der Waals surface area contributed by atoms with Crippen molar-refractivity contribution in [3.63, 3.8) is 0 Å². The second kappa shape index (κ2) is 2.23. The largest absolute Gasteiger partial charge is 0.472 e. The highest BCUT2D eigenvalue weighted by Crippen LogP contribution is 2.35. The van der Waals surface area contributed by atoms with Crippen LogP contribution >= 0.6 is 0 Å². The number of aryl methyl sites for hydroxylation is 1. The van der Waals surface area contributed by atoms with E-state index < -0.39 is 0 Å². The van der Waals surface area contributed by atoms with E-state index in [4.69, 9.17) is 9.15 Å². The van der Waals surface area contributed by atoms with Gasteiger partial charge in [0.15, 0.2) is 0 Å². The normalized spacial score (nSPS) is 21.0. The van der Waals surface area contributed by atoms with Gasteiger partial charge in [-0.25, -0.2) is 0 Å². The molecule has 0 spiro atoms. The van der Waals surface area contributed by atoms with Crippen molar-refractivity contribution in [3.8, 4) is 0 Å². The van der Waals surface area contributed by atoms with Crippen molar-refractivity contribution in [1.82, 2.24) is 0 Å². The summed E-state index contributed by atoms with van der Waals surface area (Å²) in [6, 6.07) is 0. The second-order valence-corrected chi connectivity index (χ2v) is 3.39. The Morgan fingerprint density at radius 3 is 3.08 bits per heavy atom. The van der Waals surface area contributed by atoms with Gasteiger partial charge in [-0.05, 0) is 29.6 Å². The van der Waals surface area contributed by atoms with Gasteiger partial charge in [0.2, 0.25) is 0 Å². The van der Waals surface area contributed by atoms with Crippen LogP contribution in [0.1, 0.15) is 17.5 Å². The molecule has 2 aliphatic rings. The molecule has 0 atom stereocenters. The summed E-state index contributed by atoms with van der Waals surface area (Å²) in [6.07, 6.45) is 5.98. The zero-order chi connectivity index (χ0) is 7.97. The van der Waals surface area contributed by atoms with Crippen LogP contribution in [0.25, 0.3) is 5.57 Å². The molecule has 1 aromatic heterocycles. The molecule has 0 aromatic carbocycles. The molecule has 0 bridgehead atoms. The Morgan fingerprint density at radius 2 is 2.08 bits per heavy atom. The van der Waals surface area contributed by atoms with Crippen molar-refractivity contribution in [3.05, 3.63) is 29.2 Å². The van der Waals surface area contributed by atoms with Crippen molar-refractivity contribution in [2.45, 2.75) is 12.8 Å². The molecule has 2 heterocycles. The van der Waals surface area contributed by atoms with Gasteiger partial charge in [-0.3, -0.25) is 0 Å². The molecule has 0 saturated carbocycles. The number of furan rings is 1. The molecule has 1 aliphatic carbocycles. The van der Waals surface area contributed by atoms with E-state index in [-0.39, 0.29) is 0 Å². The second-order valence-electron chi connectivity index (χ2n) is 3.39. The van der Waals surface area contributed by atoms with Crippen LogP contribution in [0.15, 0.2) is 22.5 Å². The summed E-state index contributed by atoms with van der Waals surface area (Å²) in [5.41, 5.74) is 5.49. The van der Waals surface area contributed by atoms with E-state index in [9.17, 15) is 0 Å². The SMILES string of the molecule is c1occ2c1CCC1=C2COC1. The summed E-state index contributed by atoms with van der Waals surface area (Å²) in [5.74, 6) is 0. The quantitative estimate of drug-likeness (QED) is 0.582. The molecule has 12 heavy (non-hydrogen) atoms. The van der Waals surface area contributed by atoms with E-state index >= 15 is 0 Å². The average molecular weight is 162 g/mol. The van der Waals surface area contributed by atoms with E-state index in [0.717, 1.165) is 26.1 Å². The van der Waals surface area contributed by atoms with Gasteiger partial charge in [0, 0.05) is 5.56 Å². The van der Waals surface area contributed by atoms with Crippen LogP contribution in [-0.4, -0.2) is 13.2 Å². The molecule has 0 radical (unpaired) electrons. The Labute approximate surface area is 70.8 Å². The lowest BCUT2D eigenvalue weighted by Gasteiger charge is -2.11. The van der Waals surface area contributed by atoms with Gasteiger partial charge >= 0.3 is 0 Å². The first-order valence-electron chi connectivity index (χ1n) is 4.29. The molecule has 0 fully saturated rings. The summed E-state index contributed by atoms with van der Waals surface area (Å²) in [7, 11) is 0. The van der Waals surface area contributed by atoms with Crippen LogP contribution in [-0.2, 0) is 11.2 Å². The highest BCUT2D eigenvalue weighted by atomic mass is 16.5. The van der Waals surface area contributed by atoms with Crippen molar-refractivity contribution in [2.75, 3.05) is 13.2 Å². The third-order valence-electron chi connectivity index (χ3n) is 2.71. The highest BCUT2D eigenvalue weighted by Gasteiger charge is 2.24. The number of ether oxygens (including phenoxy) is 1. The molecule has 0 N–H and O–H groups in total. The Balaban J connectivity index is 2.18. The maximum atomic E-state index is 5.40. The van der Waals surface area contributed by atoms with Crippen molar-refractivity contribution < 1.29 is 9.15 Å². The monoisotopic (exact) mass is 162 g/mol. The average Bonchev–Trinajstić information content (AvgIpc) is 2.71. The first-order valence-corrected chi connectivity index (χ1v) is 4.29. The molecular formula is C10H10O2. The minimum atomic E-state index is 0.780. The summed E-state index contributed by atoms with van der Waals surface area (Å²) >= 11 is 0. The lowest BCUT2D eigenvalue weighted by Crippen LogP contribution is -2.00. The first-order chi connectivity index (χ1) is 5.95. The molecule has 1 aromatic rings. The molecule has 2 nitrogen and oxygen atoms in total. The van der Waals surface area contributed by atoms with Gasteiger partial charge in [0.25, 0.3) is 0 Å². The van der Waals surface area contributed by atoms with Gasteiger partial charge in [-0.15, -0.1) is 0 Å². The number of fused-ring (bicyclic) bond motifs is 2. The summed E-state index contributed by atoms with van der Waals surface area (Å²) in [4.78, 5) is 0. The van der Waals surface area contributed by atoms with Crippen LogP contribution in [0.3, 0.4) is 0 Å². The van der Waals surface area contributed by atoms with E-state index in [2.05, 4.69) is 0 Å². The maximum absolute atomic E-state index is 5.40. The molecule has 2 heteroatoms. The topological polar surface area (TPSA) is 22.4 Å². The van der Waals surface area contributed by atoms with Crippen LogP contribution < -0.4 is 0 Å². The van der Waals surface area contributed by atoms with Gasteiger partial charge in [0.05, 0.1) is 25.7 Å². The molecular weight excluding hydrogens is 152 g/mol. The number of rotatable bonds is 0. The van der Waals surface area contributed by atoms with E-state index in [1.54, 1.807) is 0 Å². The van der Waals surface area contributed by atoms with E-state index in [0.29, 0.717) is 0 Å². The summed E-state index contributed by atoms with van der Waals surface area (Å²) < 4.78 is 10.6. The summed E-state index contributed by atoms with van der Waals surface area (Å²) in [5, 5.41) is 0. The van der Waals surface area contributed by atoms with Gasteiger partial charge < -0.3 is 9.15 Å². The molecule has 1 aliphatic heterocycles. The van der Waals surface area contributed by atoms with Gasteiger partial charge in [0.1, 0.15) is 0 Å². The smallest absolute Gasteiger partial charge is 0.0981 e. The van der Waals surface area contributed by atoms with Crippen molar-refractivity contribution >= 4 is 5.57 Å². The van der Waals surface area contributed by atoms with Gasteiger partial charge in [-0.1, -0.05) is 0 Å². The fourth-order valence-corrected chi connectivity index (χ4v) is 2.02. The third kappa shape index (κ3) is 0.730. The van der Waals surface area contributed by atoms with Crippen LogP contribution in [0.5, 0.6) is 0 Å². The number of hydrogen-bond acceptors (Lipinski definition) is 2. The lowest BCUT2D eigenvalue weighted by atomic mass is 9.90. The minimum absolute atomic E-state index is 0.780. The zero-order valence-electron chi connectivity index (χ0n) is 6.80. The van der Waals surface area contributed by atoms with Crippen LogP contribution in [0, 0.1) is 0 Å². The van der Waals surface area contributed by atoms with Crippen LogP contribution in [0.4, 0.5) is 0 Å². The molecule has 62 valence electrons. The first kappa shape index (κ1) is 6.49. The lowest BCUT2D eigenvalue weighted by molar-refractivity contribution is 0.210. The zero-order valence-corrected chi connectivity index (χ0v) is 6.80. The fourth-order valence-electron chi connectivity index (χ4n) is 2.02. The summed E-state index contributed by atoms with van der Waals surface area (Å²) in [6.45, 7) is 1.61. The maximum Gasteiger partial charge on any atom is 0.0981 e. The predicted octanol–water partition coefficient (Wildman–Crippen LogP) is 2.01. The highest BCUT2D eigenvalue weighted by molar-refractivity contribution is 5.74. The molecule has 0 amide bonds. The Kier molecular flexibility index (Phi) is 1.21. The fraction of sp³-hybridized carbons (Fsp3) is 0.400. The van der Waals surface area contributed by atoms with E-state index in [1.165, 1.54) is 22.3 Å². The van der Waals surface area contributed by atoms with E-state index in [1.807, 2.05) is 12.5 Å². The predicted molar refractivity (Wildman–Crippen MR) is 44.8 cm³/mol.